The first-order valence-electron chi connectivity index (χ1n) is 48.7. The van der Waals surface area contributed by atoms with E-state index in [2.05, 4.69) is 296 Å². The molecule has 0 unspecified atom stereocenters. The highest BCUT2D eigenvalue weighted by Crippen LogP contribution is 2.37. The number of hydrogen-bond acceptors (Lipinski definition) is 12. The Morgan fingerprint density at radius 2 is 0.592 bits per heavy atom. The van der Waals surface area contributed by atoms with Crippen LogP contribution in [0.4, 0.5) is 4.39 Å². The second-order valence-electron chi connectivity index (χ2n) is 34.9. The number of methoxy groups -OCH3 is 4. The van der Waals surface area contributed by atoms with Crippen molar-refractivity contribution in [3.63, 3.8) is 0 Å². The van der Waals surface area contributed by atoms with E-state index in [0.29, 0.717) is 99.0 Å². The maximum absolute atomic E-state index is 14.2. The quantitative estimate of drug-likeness (QED) is 0.0160. The Morgan fingerprint density at radius 3 is 0.932 bits per heavy atom. The molecule has 0 aliphatic rings. The molecule has 20 rings (SSSR count). The van der Waals surface area contributed by atoms with Crippen LogP contribution in [0.1, 0.15) is 51.4 Å². The van der Waals surface area contributed by atoms with Crippen LogP contribution in [0.3, 0.4) is 0 Å². The van der Waals surface area contributed by atoms with Gasteiger partial charge in [-0.05, 0) is 161 Å². The van der Waals surface area contributed by atoms with Crippen LogP contribution in [-0.4, -0.2) is 156 Å². The minimum absolute atomic E-state index is 0. The number of pyridine rings is 4. The van der Waals surface area contributed by atoms with Crippen molar-refractivity contribution < 1.29 is 80.0 Å². The van der Waals surface area contributed by atoms with E-state index in [1.54, 1.807) is 34.5 Å². The van der Waals surface area contributed by atoms with Gasteiger partial charge in [0.25, 0.3) is 5.91 Å². The summed E-state index contributed by atoms with van der Waals surface area (Å²) in [6, 6.07) is 98.0. The summed E-state index contributed by atoms with van der Waals surface area (Å²) in [6.07, 6.45) is 25.2. The number of nitrogens with zero attached hydrogens (tertiary/aromatic N) is 8. The molecule has 8 aromatic heterocycles. The summed E-state index contributed by atoms with van der Waals surface area (Å²) in [7, 11) is 8.81. The standard InChI is InChI=1S/C32H33N2O4.C30H30FN2O3.C30H29N3O3.C29H29N2O2.4CH3/c1-3-38-32(35)23-33-17-16-25(26-8-4-6-10-29(26)33)14-12-24-13-15-31-28(22-24)27-9-5-7-11-30(27)34(31)18-19-37-21-20-36-2;1-35-18-19-36-17-15-33-29-10-7-22(20-26(29)27-21-24(31)9-11-30(27)33)6-8-23-12-13-32(14-16-34)28-5-3-2-4-25(23)28;1-35-18-19-36-17-16-33-28-9-5-3-7-25(28)26-20-22(11-13-29(26)33)10-12-23-14-15-32(21-30(31)34)27-8-4-2-6-24(23)27;1-30-16-15-23(24-7-3-5-9-27(24)30)13-11-22-12-14-29-26(21-22)25-8-4-6-10-28(25)31(29)17-18-33-20-19-32-2;;;;/h4-17,22H,3,18-21,23H2,1-2H3;2-13,20-21,34H,14-19H2,1H3;2-15,20H,16-19,21H2,1H3,(H-,31,34);3-16,21H,17-20H2,1-2H3;4*1H3/q2*+1;;+1;4*-1/p+1. The number of aryl methyl sites for hydroxylation is 1. The Bertz CT molecular complexity index is 8030. The van der Waals surface area contributed by atoms with Crippen molar-refractivity contribution in [2.45, 2.75) is 52.7 Å². The van der Waals surface area contributed by atoms with Gasteiger partial charge >= 0.3 is 5.97 Å². The molecule has 0 aliphatic heterocycles. The van der Waals surface area contributed by atoms with Gasteiger partial charge in [-0.2, -0.15) is 13.7 Å². The van der Waals surface area contributed by atoms with Crippen molar-refractivity contribution in [1.82, 2.24) is 18.3 Å². The molecule has 22 heteroatoms. The van der Waals surface area contributed by atoms with Crippen LogP contribution >= 0.6 is 0 Å². The molecule has 758 valence electrons. The van der Waals surface area contributed by atoms with Crippen molar-refractivity contribution in [3.8, 4) is 0 Å². The molecule has 0 atom stereocenters. The lowest BCUT2D eigenvalue weighted by molar-refractivity contribution is -0.672. The number of rotatable bonds is 39. The van der Waals surface area contributed by atoms with Crippen molar-refractivity contribution in [2.75, 3.05) is 121 Å². The molecule has 21 nitrogen and oxygen atoms in total. The Morgan fingerprint density at radius 1 is 0.313 bits per heavy atom. The average molecular weight is 1970 g/mol. The fourth-order valence-corrected chi connectivity index (χ4v) is 19.0. The number of aliphatic hydroxyl groups excluding tert-OH is 1. The molecule has 0 spiro atoms. The lowest BCUT2D eigenvalue weighted by Crippen LogP contribution is -2.41. The number of nitrogens with two attached hydrogens (primary N) is 1. The van der Waals surface area contributed by atoms with Crippen molar-refractivity contribution in [3.05, 3.63) is 390 Å². The minimum atomic E-state index is -0.359. The Kier molecular flexibility index (Phi) is 39.9. The third-order valence-corrected chi connectivity index (χ3v) is 25.8. The molecular formula is C125H134FN9O12. The SMILES string of the molecule is CCOC(=O)C[n+]1ccc(/C=C/c2ccc3c(c2)c2ccccc2n3CCOCCOC)c2ccccc21.COCCOCCn1c2ccc(F)cc2c2cc(/C=C/c3cc[n+](CCO)c4ccccc34)ccc21.COCCOCCn1c2ccccc2c2cc(/C=C/c3cc[n+](C)c4ccccc34)ccc21.COCCOCCn1c2ccccc2c2cc(/C=C/c3cc[n+](CC(N)=O)c4ccccc34)ccc21.[CH3-].[CH3-].[CH3-].[CH3-]. The maximum Gasteiger partial charge on any atom is 0.372 e. The molecule has 3 N–H and O–H groups in total. The lowest BCUT2D eigenvalue weighted by Gasteiger charge is -2.08. The van der Waals surface area contributed by atoms with Gasteiger partial charge in [0.2, 0.25) is 35.2 Å². The van der Waals surface area contributed by atoms with Crippen LogP contribution < -0.4 is 24.0 Å². The van der Waals surface area contributed by atoms with Crippen LogP contribution in [-0.2, 0) is 105 Å². The summed E-state index contributed by atoms with van der Waals surface area (Å²) in [5.74, 6) is -0.840. The van der Waals surface area contributed by atoms with Crippen molar-refractivity contribution >= 4 is 191 Å². The largest absolute Gasteiger partial charge is 0.461 e. The molecular weight excluding hydrogens is 1840 g/mol. The molecule has 0 fully saturated rings. The minimum Gasteiger partial charge on any atom is -0.461 e. The summed E-state index contributed by atoms with van der Waals surface area (Å²) in [6.45, 7) is 13.5. The number of carbonyl (C=O) groups is 2. The van der Waals surface area contributed by atoms with Gasteiger partial charge in [0, 0.05) is 190 Å². The molecule has 20 aromatic rings. The number of aliphatic hydroxyl groups is 1. The van der Waals surface area contributed by atoms with E-state index in [4.69, 9.17) is 48.4 Å². The van der Waals surface area contributed by atoms with E-state index in [1.165, 1.54) is 93.5 Å². The molecule has 1 amide bonds. The molecule has 8 heterocycles. The highest BCUT2D eigenvalue weighted by molar-refractivity contribution is 6.13. The Balaban J connectivity index is 0.000000162. The number of halogens is 1. The number of esters is 1. The summed E-state index contributed by atoms with van der Waals surface area (Å²) >= 11 is 0. The van der Waals surface area contributed by atoms with Gasteiger partial charge in [0.05, 0.1) is 107 Å². The van der Waals surface area contributed by atoms with E-state index in [-0.39, 0.29) is 67.1 Å². The normalized spacial score (nSPS) is 11.5. The van der Waals surface area contributed by atoms with Crippen LogP contribution in [0.25, 0.3) is 179 Å². The number of fused-ring (bicyclic) bond motifs is 16. The number of primary amides is 1. The third kappa shape index (κ3) is 26.1. The predicted octanol–water partition coefficient (Wildman–Crippen LogP) is 22.8. The van der Waals surface area contributed by atoms with Gasteiger partial charge in [-0.1, -0.05) is 176 Å². The van der Waals surface area contributed by atoms with E-state index in [1.807, 2.05) is 101 Å². The molecule has 0 aliphatic carbocycles. The second-order valence-corrected chi connectivity index (χ2v) is 34.9. The first-order valence-corrected chi connectivity index (χ1v) is 48.7. The number of ether oxygens (including phenoxy) is 9. The van der Waals surface area contributed by atoms with Crippen LogP contribution in [0.5, 0.6) is 0 Å². The van der Waals surface area contributed by atoms with Gasteiger partial charge < -0.3 is 101 Å². The highest BCUT2D eigenvalue weighted by Gasteiger charge is 2.22. The van der Waals surface area contributed by atoms with Gasteiger partial charge in [0.1, 0.15) is 19.5 Å². The molecule has 0 saturated carbocycles. The van der Waals surface area contributed by atoms with Gasteiger partial charge in [-0.3, -0.25) is 4.79 Å². The number of para-hydroxylation sites is 7. The first-order chi connectivity index (χ1) is 70.3. The van der Waals surface area contributed by atoms with Crippen LogP contribution in [0.15, 0.2) is 310 Å². The fraction of sp³-hybridized carbons (Fsp3) is 0.216. The second kappa shape index (κ2) is 53.7. The summed E-state index contributed by atoms with van der Waals surface area (Å²) in [5.41, 5.74) is 28.0. The highest BCUT2D eigenvalue weighted by atomic mass is 19.1. The van der Waals surface area contributed by atoms with Crippen molar-refractivity contribution in [2.24, 2.45) is 12.8 Å². The molecule has 0 saturated heterocycles. The number of carbonyl (C=O) groups excluding carboxylic acids is 2. The van der Waals surface area contributed by atoms with Gasteiger partial charge in [-0.15, -0.1) is 0 Å². The fourth-order valence-electron chi connectivity index (χ4n) is 19.0. The van der Waals surface area contributed by atoms with E-state index in [9.17, 15) is 19.1 Å². The summed E-state index contributed by atoms with van der Waals surface area (Å²) < 4.78 is 79.8. The summed E-state index contributed by atoms with van der Waals surface area (Å²) in [5, 5.41) is 23.3. The molecule has 12 aromatic carbocycles. The molecule has 147 heavy (non-hydrogen) atoms. The van der Waals surface area contributed by atoms with Crippen LogP contribution in [0.2, 0.25) is 0 Å². The topological polar surface area (TPSA) is 199 Å². The Hall–Kier alpha value is -15.1. The molecule has 0 bridgehead atoms. The van der Waals surface area contributed by atoms with E-state index >= 15 is 0 Å². The monoisotopic (exact) mass is 1970 g/mol. The lowest BCUT2D eigenvalue weighted by atomic mass is 10.1. The van der Waals surface area contributed by atoms with Crippen molar-refractivity contribution in [1.29, 1.82) is 0 Å². The van der Waals surface area contributed by atoms with E-state index in [0.717, 1.165) is 108 Å². The van der Waals surface area contributed by atoms with Gasteiger partial charge in [0.15, 0.2) is 31.3 Å². The number of amides is 1. The number of aromatic nitrogens is 8. The third-order valence-electron chi connectivity index (χ3n) is 25.8. The zero-order chi connectivity index (χ0) is 98.8. The average Bonchev–Trinajstić information content (AvgIpc) is 1.68. The van der Waals surface area contributed by atoms with Crippen LogP contribution in [0, 0.1) is 35.5 Å². The van der Waals surface area contributed by atoms with E-state index < -0.39 is 0 Å². The zero-order valence-electron chi connectivity index (χ0n) is 85.9. The maximum atomic E-state index is 14.2. The zero-order valence-corrected chi connectivity index (χ0v) is 85.9. The Labute approximate surface area is 860 Å². The number of benzene rings is 12. The predicted molar refractivity (Wildman–Crippen MR) is 600 cm³/mol. The smallest absolute Gasteiger partial charge is 0.372 e. The molecule has 0 radical (unpaired) electrons. The first kappa shape index (κ1) is 109. The summed E-state index contributed by atoms with van der Waals surface area (Å²) in [4.78, 5) is 23.6. The van der Waals surface area contributed by atoms with Gasteiger partial charge in [-0.25, -0.2) is 13.8 Å². The number of hydrogen-bond donors (Lipinski definition) is 2.